The fourth-order valence-corrected chi connectivity index (χ4v) is 3.56. The van der Waals surface area contributed by atoms with E-state index in [9.17, 15) is 18.0 Å². The summed E-state index contributed by atoms with van der Waals surface area (Å²) in [5, 5.41) is 5.01. The molecule has 1 fully saturated rings. The molecule has 4 nitrogen and oxygen atoms in total. The molecule has 1 amide bonds. The van der Waals surface area contributed by atoms with Crippen molar-refractivity contribution in [3.63, 3.8) is 0 Å². The van der Waals surface area contributed by atoms with Crippen LogP contribution in [0.4, 0.5) is 18.3 Å². The molecule has 0 unspecified atom stereocenters. The zero-order valence-electron chi connectivity index (χ0n) is 14.3. The van der Waals surface area contributed by atoms with Crippen molar-refractivity contribution in [2.45, 2.75) is 32.5 Å². The second kappa shape index (κ2) is 7.75. The van der Waals surface area contributed by atoms with Gasteiger partial charge in [0, 0.05) is 17.5 Å². The molecule has 0 bridgehead atoms. The summed E-state index contributed by atoms with van der Waals surface area (Å²) in [6.07, 6.45) is -2.05. The Balaban J connectivity index is 1.57. The Bertz CT molecular complexity index is 750. The molecule has 8 heteroatoms. The number of carbonyl (C=O) groups is 1. The standard InChI is InChI=1S/C18H20F3N3OS/c1-12-6-8-24(9-7-12)10-15-11-26-17(22-15)23-16(25)13-2-4-14(5-3-13)18(19,20)21/h2-5,11-12H,6-10H2,1H3,(H,22,23,25). The van der Waals surface area contributed by atoms with Crippen LogP contribution in [-0.4, -0.2) is 28.9 Å². The first-order valence-corrected chi connectivity index (χ1v) is 9.34. The fourth-order valence-electron chi connectivity index (χ4n) is 2.87. The molecule has 0 atom stereocenters. The van der Waals surface area contributed by atoms with Crippen molar-refractivity contribution < 1.29 is 18.0 Å². The summed E-state index contributed by atoms with van der Waals surface area (Å²) in [6.45, 7) is 5.10. The average Bonchev–Trinajstić information content (AvgIpc) is 3.03. The van der Waals surface area contributed by atoms with Crippen molar-refractivity contribution in [2.75, 3.05) is 18.4 Å². The Labute approximate surface area is 154 Å². The van der Waals surface area contributed by atoms with Crippen LogP contribution in [0.2, 0.25) is 0 Å². The maximum absolute atomic E-state index is 12.6. The lowest BCUT2D eigenvalue weighted by Crippen LogP contribution is -2.32. The molecule has 0 spiro atoms. The summed E-state index contributed by atoms with van der Waals surface area (Å²) < 4.78 is 37.7. The molecule has 1 aliphatic heterocycles. The number of anilines is 1. The molecule has 2 aromatic rings. The first kappa shape index (κ1) is 18.8. The number of thiazole rings is 1. The van der Waals surface area contributed by atoms with E-state index in [4.69, 9.17) is 0 Å². The number of hydrogen-bond donors (Lipinski definition) is 1. The van der Waals surface area contributed by atoms with Gasteiger partial charge in [0.25, 0.3) is 5.91 Å². The van der Waals surface area contributed by atoms with E-state index in [-0.39, 0.29) is 5.56 Å². The number of aromatic nitrogens is 1. The lowest BCUT2D eigenvalue weighted by Gasteiger charge is -2.29. The summed E-state index contributed by atoms with van der Waals surface area (Å²) >= 11 is 1.32. The van der Waals surface area contributed by atoms with E-state index < -0.39 is 17.6 Å². The topological polar surface area (TPSA) is 45.2 Å². The first-order valence-electron chi connectivity index (χ1n) is 8.46. The smallest absolute Gasteiger partial charge is 0.298 e. The van der Waals surface area contributed by atoms with E-state index in [0.717, 1.165) is 43.4 Å². The SMILES string of the molecule is CC1CCN(Cc2csc(NC(=O)c3ccc(C(F)(F)F)cc3)n2)CC1. The minimum atomic E-state index is -4.41. The summed E-state index contributed by atoms with van der Waals surface area (Å²) in [6, 6.07) is 4.14. The van der Waals surface area contributed by atoms with Gasteiger partial charge < -0.3 is 0 Å². The van der Waals surface area contributed by atoms with Gasteiger partial charge in [0.1, 0.15) is 0 Å². The van der Waals surface area contributed by atoms with Crippen molar-refractivity contribution >= 4 is 22.4 Å². The van der Waals surface area contributed by atoms with Crippen LogP contribution < -0.4 is 5.32 Å². The zero-order chi connectivity index (χ0) is 18.7. The van der Waals surface area contributed by atoms with Crippen molar-refractivity contribution in [3.8, 4) is 0 Å². The lowest BCUT2D eigenvalue weighted by molar-refractivity contribution is -0.137. The Hall–Kier alpha value is -1.93. The second-order valence-corrected chi connectivity index (χ2v) is 7.49. The quantitative estimate of drug-likeness (QED) is 0.836. The predicted molar refractivity (Wildman–Crippen MR) is 95.2 cm³/mol. The maximum atomic E-state index is 12.6. The minimum Gasteiger partial charge on any atom is -0.298 e. The summed E-state index contributed by atoms with van der Waals surface area (Å²) in [5.74, 6) is 0.298. The summed E-state index contributed by atoms with van der Waals surface area (Å²) in [5.41, 5.74) is 0.286. The van der Waals surface area contributed by atoms with E-state index in [1.807, 2.05) is 5.38 Å². The van der Waals surface area contributed by atoms with Crippen LogP contribution in [0.1, 0.15) is 41.4 Å². The third-order valence-corrected chi connectivity index (χ3v) is 5.32. The van der Waals surface area contributed by atoms with E-state index in [1.54, 1.807) is 0 Å². The van der Waals surface area contributed by atoms with Gasteiger partial charge in [-0.3, -0.25) is 15.0 Å². The highest BCUT2D eigenvalue weighted by atomic mass is 32.1. The zero-order valence-corrected chi connectivity index (χ0v) is 15.2. The average molecular weight is 383 g/mol. The summed E-state index contributed by atoms with van der Waals surface area (Å²) in [7, 11) is 0. The molecular weight excluding hydrogens is 363 g/mol. The molecule has 140 valence electrons. The van der Waals surface area contributed by atoms with Crippen LogP contribution >= 0.6 is 11.3 Å². The maximum Gasteiger partial charge on any atom is 0.416 e. The Kier molecular flexibility index (Phi) is 5.62. The van der Waals surface area contributed by atoms with Gasteiger partial charge in [-0.15, -0.1) is 11.3 Å². The van der Waals surface area contributed by atoms with Gasteiger partial charge in [-0.1, -0.05) is 6.92 Å². The molecular formula is C18H20F3N3OS. The van der Waals surface area contributed by atoms with Crippen LogP contribution in [0.3, 0.4) is 0 Å². The molecule has 1 aliphatic rings. The number of rotatable bonds is 4. The van der Waals surface area contributed by atoms with Crippen molar-refractivity contribution in [1.82, 2.24) is 9.88 Å². The van der Waals surface area contributed by atoms with Crippen molar-refractivity contribution in [3.05, 3.63) is 46.5 Å². The van der Waals surface area contributed by atoms with Gasteiger partial charge in [0.15, 0.2) is 5.13 Å². The molecule has 0 aliphatic carbocycles. The number of halogens is 3. The van der Waals surface area contributed by atoms with E-state index in [2.05, 4.69) is 22.1 Å². The third-order valence-electron chi connectivity index (χ3n) is 4.51. The number of carbonyl (C=O) groups excluding carboxylic acids is 1. The van der Waals surface area contributed by atoms with Crippen LogP contribution in [0.5, 0.6) is 0 Å². The van der Waals surface area contributed by atoms with Gasteiger partial charge in [0.05, 0.1) is 11.3 Å². The van der Waals surface area contributed by atoms with Crippen LogP contribution in [-0.2, 0) is 12.7 Å². The minimum absolute atomic E-state index is 0.166. The number of benzene rings is 1. The van der Waals surface area contributed by atoms with Gasteiger partial charge in [-0.2, -0.15) is 13.2 Å². The highest BCUT2D eigenvalue weighted by Crippen LogP contribution is 2.29. The first-order chi connectivity index (χ1) is 12.3. The third kappa shape index (κ3) is 4.82. The molecule has 3 rings (SSSR count). The molecule has 1 saturated heterocycles. The Morgan fingerprint density at radius 2 is 1.92 bits per heavy atom. The summed E-state index contributed by atoms with van der Waals surface area (Å²) in [4.78, 5) is 18.9. The molecule has 0 radical (unpaired) electrons. The fraction of sp³-hybridized carbons (Fsp3) is 0.444. The molecule has 1 N–H and O–H groups in total. The van der Waals surface area contributed by atoms with Crippen molar-refractivity contribution in [1.29, 1.82) is 0 Å². The second-order valence-electron chi connectivity index (χ2n) is 6.63. The highest BCUT2D eigenvalue weighted by molar-refractivity contribution is 7.13. The van der Waals surface area contributed by atoms with Gasteiger partial charge >= 0.3 is 6.18 Å². The number of amides is 1. The van der Waals surface area contributed by atoms with E-state index in [1.165, 1.54) is 36.3 Å². The molecule has 1 aromatic heterocycles. The number of hydrogen-bond acceptors (Lipinski definition) is 4. The number of nitrogens with zero attached hydrogens (tertiary/aromatic N) is 2. The normalized spacial score (nSPS) is 16.6. The largest absolute Gasteiger partial charge is 0.416 e. The van der Waals surface area contributed by atoms with Gasteiger partial charge in [-0.05, 0) is 56.1 Å². The van der Waals surface area contributed by atoms with Gasteiger partial charge in [0.2, 0.25) is 0 Å². The van der Waals surface area contributed by atoms with E-state index >= 15 is 0 Å². The van der Waals surface area contributed by atoms with Crippen LogP contribution in [0.15, 0.2) is 29.6 Å². The number of nitrogens with one attached hydrogen (secondary N) is 1. The highest BCUT2D eigenvalue weighted by Gasteiger charge is 2.30. The van der Waals surface area contributed by atoms with Crippen LogP contribution in [0, 0.1) is 5.92 Å². The van der Waals surface area contributed by atoms with Gasteiger partial charge in [-0.25, -0.2) is 4.98 Å². The molecule has 0 saturated carbocycles. The lowest BCUT2D eigenvalue weighted by atomic mass is 9.99. The monoisotopic (exact) mass is 383 g/mol. The predicted octanol–water partition coefficient (Wildman–Crippen LogP) is 4.65. The number of alkyl halides is 3. The number of likely N-dealkylation sites (tertiary alicyclic amines) is 1. The number of piperidine rings is 1. The van der Waals surface area contributed by atoms with Crippen LogP contribution in [0.25, 0.3) is 0 Å². The van der Waals surface area contributed by atoms with E-state index in [0.29, 0.717) is 5.13 Å². The van der Waals surface area contributed by atoms with Crippen molar-refractivity contribution in [2.24, 2.45) is 5.92 Å². The molecule has 2 heterocycles. The Morgan fingerprint density at radius 3 is 2.54 bits per heavy atom. The molecule has 1 aromatic carbocycles. The molecule has 26 heavy (non-hydrogen) atoms. The Morgan fingerprint density at radius 1 is 1.27 bits per heavy atom.